The van der Waals surface area contributed by atoms with E-state index in [0.717, 1.165) is 18.4 Å². The molecular weight excluding hydrogens is 254 g/mol. The molecule has 1 unspecified atom stereocenters. The highest BCUT2D eigenvalue weighted by molar-refractivity contribution is 5.65. The van der Waals surface area contributed by atoms with E-state index in [9.17, 15) is 4.79 Å². The standard InChI is InChI=1S/C16H23NO3/c1-16(2,3)13-8-5-4-7-12(13)11-20-14-9-6-10-17(14)15(18)19/h4-5,7-8,14H,6,9-11H2,1-3H3,(H,18,19). The van der Waals surface area contributed by atoms with Crippen LogP contribution in [-0.4, -0.2) is 28.9 Å². The lowest BCUT2D eigenvalue weighted by Gasteiger charge is -2.25. The lowest BCUT2D eigenvalue weighted by molar-refractivity contribution is -0.0355. The van der Waals surface area contributed by atoms with Crippen molar-refractivity contribution >= 4 is 6.09 Å². The molecule has 1 heterocycles. The van der Waals surface area contributed by atoms with Crippen LogP contribution >= 0.6 is 0 Å². The molecular formula is C16H23NO3. The fraction of sp³-hybridized carbons (Fsp3) is 0.562. The van der Waals surface area contributed by atoms with Gasteiger partial charge in [0.05, 0.1) is 6.61 Å². The van der Waals surface area contributed by atoms with Crippen molar-refractivity contribution in [2.45, 2.75) is 51.9 Å². The van der Waals surface area contributed by atoms with Gasteiger partial charge >= 0.3 is 6.09 Å². The fourth-order valence-corrected chi connectivity index (χ4v) is 2.69. The number of likely N-dealkylation sites (tertiary alicyclic amines) is 1. The Kier molecular flexibility index (Phi) is 4.33. The lowest BCUT2D eigenvalue weighted by atomic mass is 9.84. The molecule has 0 spiro atoms. The number of amides is 1. The molecule has 0 aliphatic carbocycles. The number of rotatable bonds is 3. The van der Waals surface area contributed by atoms with Crippen molar-refractivity contribution in [3.05, 3.63) is 35.4 Å². The van der Waals surface area contributed by atoms with E-state index in [1.807, 2.05) is 12.1 Å². The molecule has 110 valence electrons. The third-order valence-corrected chi connectivity index (χ3v) is 3.70. The number of carbonyl (C=O) groups is 1. The van der Waals surface area contributed by atoms with Gasteiger partial charge in [-0.05, 0) is 29.4 Å². The van der Waals surface area contributed by atoms with Crippen molar-refractivity contribution in [1.29, 1.82) is 0 Å². The van der Waals surface area contributed by atoms with Crippen molar-refractivity contribution in [2.75, 3.05) is 6.54 Å². The molecule has 0 radical (unpaired) electrons. The number of carboxylic acid groups (broad SMARTS) is 1. The second kappa shape index (κ2) is 5.83. The fourth-order valence-electron chi connectivity index (χ4n) is 2.69. The van der Waals surface area contributed by atoms with Crippen molar-refractivity contribution in [3.63, 3.8) is 0 Å². The Morgan fingerprint density at radius 3 is 2.75 bits per heavy atom. The zero-order chi connectivity index (χ0) is 14.8. The molecule has 2 rings (SSSR count). The molecule has 1 N–H and O–H groups in total. The van der Waals surface area contributed by atoms with Crippen LogP contribution in [0.5, 0.6) is 0 Å². The number of benzene rings is 1. The summed E-state index contributed by atoms with van der Waals surface area (Å²) in [6.07, 6.45) is 0.458. The van der Waals surface area contributed by atoms with E-state index >= 15 is 0 Å². The van der Waals surface area contributed by atoms with Crippen LogP contribution in [0.4, 0.5) is 4.79 Å². The average Bonchev–Trinajstić information content (AvgIpc) is 2.84. The Hall–Kier alpha value is -1.55. The zero-order valence-electron chi connectivity index (χ0n) is 12.4. The first-order chi connectivity index (χ1) is 9.39. The second-order valence-electron chi connectivity index (χ2n) is 6.29. The molecule has 1 saturated heterocycles. The average molecular weight is 277 g/mol. The van der Waals surface area contributed by atoms with Crippen LogP contribution in [0.1, 0.15) is 44.7 Å². The molecule has 1 amide bonds. The van der Waals surface area contributed by atoms with Crippen molar-refractivity contribution in [3.8, 4) is 0 Å². The molecule has 0 saturated carbocycles. The predicted molar refractivity (Wildman–Crippen MR) is 77.7 cm³/mol. The van der Waals surface area contributed by atoms with Crippen LogP contribution in [0.25, 0.3) is 0 Å². The minimum absolute atomic E-state index is 0.0577. The van der Waals surface area contributed by atoms with Crippen LogP contribution < -0.4 is 0 Å². The predicted octanol–water partition coefficient (Wildman–Crippen LogP) is 3.60. The highest BCUT2D eigenvalue weighted by Crippen LogP contribution is 2.27. The maximum absolute atomic E-state index is 11.1. The highest BCUT2D eigenvalue weighted by Gasteiger charge is 2.29. The van der Waals surface area contributed by atoms with Gasteiger partial charge in [0.15, 0.2) is 0 Å². The smallest absolute Gasteiger partial charge is 0.409 e. The van der Waals surface area contributed by atoms with Gasteiger partial charge in [-0.2, -0.15) is 0 Å². The summed E-state index contributed by atoms with van der Waals surface area (Å²) >= 11 is 0. The largest absolute Gasteiger partial charge is 0.465 e. The van der Waals surface area contributed by atoms with Crippen molar-refractivity contribution in [1.82, 2.24) is 4.90 Å². The van der Waals surface area contributed by atoms with Gasteiger partial charge in [0.2, 0.25) is 0 Å². The van der Waals surface area contributed by atoms with E-state index in [-0.39, 0.29) is 11.6 Å². The van der Waals surface area contributed by atoms with E-state index in [0.29, 0.717) is 13.2 Å². The SMILES string of the molecule is CC(C)(C)c1ccccc1COC1CCCN1C(=O)O. The summed E-state index contributed by atoms with van der Waals surface area (Å²) in [5, 5.41) is 9.11. The van der Waals surface area contributed by atoms with Gasteiger partial charge in [0, 0.05) is 6.54 Å². The van der Waals surface area contributed by atoms with Gasteiger partial charge in [0.25, 0.3) is 0 Å². The number of hydrogen-bond donors (Lipinski definition) is 1. The lowest BCUT2D eigenvalue weighted by Crippen LogP contribution is -2.36. The summed E-state index contributed by atoms with van der Waals surface area (Å²) in [6.45, 7) is 7.55. The van der Waals surface area contributed by atoms with E-state index in [1.165, 1.54) is 10.5 Å². The molecule has 4 nitrogen and oxygen atoms in total. The molecule has 1 aromatic rings. The van der Waals surface area contributed by atoms with Gasteiger partial charge < -0.3 is 9.84 Å². The van der Waals surface area contributed by atoms with E-state index in [4.69, 9.17) is 9.84 Å². The Bertz CT molecular complexity index is 479. The second-order valence-corrected chi connectivity index (χ2v) is 6.29. The molecule has 1 aromatic carbocycles. The maximum atomic E-state index is 11.1. The molecule has 0 aromatic heterocycles. The van der Waals surface area contributed by atoms with Crippen LogP contribution in [-0.2, 0) is 16.8 Å². The summed E-state index contributed by atoms with van der Waals surface area (Å²) < 4.78 is 5.84. The van der Waals surface area contributed by atoms with Crippen LogP contribution in [0.2, 0.25) is 0 Å². The van der Waals surface area contributed by atoms with Crippen molar-refractivity contribution < 1.29 is 14.6 Å². The Balaban J connectivity index is 2.06. The maximum Gasteiger partial charge on any atom is 0.409 e. The summed E-state index contributed by atoms with van der Waals surface area (Å²) in [6, 6.07) is 8.20. The molecule has 1 atom stereocenters. The molecule has 4 heteroatoms. The van der Waals surface area contributed by atoms with Gasteiger partial charge in [-0.1, -0.05) is 45.0 Å². The molecule has 20 heavy (non-hydrogen) atoms. The normalized spacial score (nSPS) is 19.4. The minimum atomic E-state index is -0.892. The van der Waals surface area contributed by atoms with Crippen LogP contribution in [0.3, 0.4) is 0 Å². The number of hydrogen-bond acceptors (Lipinski definition) is 2. The van der Waals surface area contributed by atoms with Crippen LogP contribution in [0, 0.1) is 0 Å². The first-order valence-electron chi connectivity index (χ1n) is 7.09. The molecule has 1 aliphatic rings. The molecule has 0 bridgehead atoms. The van der Waals surface area contributed by atoms with E-state index in [2.05, 4.69) is 32.9 Å². The third-order valence-electron chi connectivity index (χ3n) is 3.70. The zero-order valence-corrected chi connectivity index (χ0v) is 12.4. The quantitative estimate of drug-likeness (QED) is 0.918. The third kappa shape index (κ3) is 3.31. The van der Waals surface area contributed by atoms with E-state index < -0.39 is 6.09 Å². The van der Waals surface area contributed by atoms with Gasteiger partial charge in [-0.15, -0.1) is 0 Å². The van der Waals surface area contributed by atoms with Crippen LogP contribution in [0.15, 0.2) is 24.3 Å². The monoisotopic (exact) mass is 277 g/mol. The number of nitrogens with zero attached hydrogens (tertiary/aromatic N) is 1. The minimum Gasteiger partial charge on any atom is -0.465 e. The molecule has 1 aliphatic heterocycles. The van der Waals surface area contributed by atoms with Gasteiger partial charge in [0.1, 0.15) is 6.23 Å². The summed E-state index contributed by atoms with van der Waals surface area (Å²) in [5.74, 6) is 0. The summed E-state index contributed by atoms with van der Waals surface area (Å²) in [4.78, 5) is 12.5. The first-order valence-corrected chi connectivity index (χ1v) is 7.09. The Morgan fingerprint density at radius 2 is 2.10 bits per heavy atom. The Labute approximate surface area is 120 Å². The highest BCUT2D eigenvalue weighted by atomic mass is 16.5. The van der Waals surface area contributed by atoms with E-state index in [1.54, 1.807) is 0 Å². The summed E-state index contributed by atoms with van der Waals surface area (Å²) in [5.41, 5.74) is 2.44. The summed E-state index contributed by atoms with van der Waals surface area (Å²) in [7, 11) is 0. The number of ether oxygens (including phenoxy) is 1. The Morgan fingerprint density at radius 1 is 1.40 bits per heavy atom. The molecule has 1 fully saturated rings. The first kappa shape index (κ1) is 14.9. The topological polar surface area (TPSA) is 49.8 Å². The van der Waals surface area contributed by atoms with Crippen molar-refractivity contribution in [2.24, 2.45) is 0 Å². The van der Waals surface area contributed by atoms with Gasteiger partial charge in [-0.3, -0.25) is 4.90 Å². The van der Waals surface area contributed by atoms with Gasteiger partial charge in [-0.25, -0.2) is 4.79 Å².